The predicted octanol–water partition coefficient (Wildman–Crippen LogP) is 4.15. The van der Waals surface area contributed by atoms with Crippen molar-refractivity contribution in [1.82, 2.24) is 0 Å². The first-order valence-corrected chi connectivity index (χ1v) is 4.63. The van der Waals surface area contributed by atoms with Crippen molar-refractivity contribution in [2.75, 3.05) is 0 Å². The van der Waals surface area contributed by atoms with Gasteiger partial charge in [0.2, 0.25) is 0 Å². The largest absolute Gasteiger partial charge is 0.176 e. The van der Waals surface area contributed by atoms with Crippen LogP contribution in [0.4, 0.5) is 0 Å². The Morgan fingerprint density at radius 2 is 1.29 bits per heavy atom. The standard InChI is InChI=1S/C12H17.ClH.Ti/c1-9(2)11-6-5-7-12(8-11)10(3)4;;/h5-7,9-10H,1-4H3;1H;/q-1;;. The summed E-state index contributed by atoms with van der Waals surface area (Å²) in [6, 6.07) is 9.87. The quantitative estimate of drug-likeness (QED) is 0.542. The zero-order chi connectivity index (χ0) is 9.14. The molecule has 0 saturated carbocycles. The topological polar surface area (TPSA) is 0 Å². The van der Waals surface area contributed by atoms with E-state index in [2.05, 4.69) is 52.0 Å². The van der Waals surface area contributed by atoms with Crippen LogP contribution in [0.25, 0.3) is 0 Å². The van der Waals surface area contributed by atoms with Gasteiger partial charge in [-0.1, -0.05) is 27.7 Å². The van der Waals surface area contributed by atoms with E-state index in [0.717, 1.165) is 0 Å². The monoisotopic (exact) mass is 245 g/mol. The van der Waals surface area contributed by atoms with Crippen molar-refractivity contribution in [2.45, 2.75) is 39.5 Å². The van der Waals surface area contributed by atoms with Gasteiger partial charge in [0.25, 0.3) is 0 Å². The van der Waals surface area contributed by atoms with Crippen molar-refractivity contribution in [2.24, 2.45) is 0 Å². The van der Waals surface area contributed by atoms with Gasteiger partial charge in [-0.3, -0.25) is 0 Å². The number of halogens is 1. The van der Waals surface area contributed by atoms with Gasteiger partial charge < -0.3 is 0 Å². The average Bonchev–Trinajstić information content (AvgIpc) is 2.04. The Labute approximate surface area is 109 Å². The maximum absolute atomic E-state index is 3.44. The molecule has 0 atom stereocenters. The van der Waals surface area contributed by atoms with Gasteiger partial charge in [-0.2, -0.15) is 35.4 Å². The van der Waals surface area contributed by atoms with Crippen LogP contribution in [0.15, 0.2) is 18.2 Å². The molecule has 0 bridgehead atoms. The summed E-state index contributed by atoms with van der Waals surface area (Å²) in [4.78, 5) is 0. The molecule has 0 spiro atoms. The Hall–Kier alpha value is 0.224. The van der Waals surface area contributed by atoms with Crippen LogP contribution >= 0.6 is 12.4 Å². The van der Waals surface area contributed by atoms with Crippen LogP contribution in [0.1, 0.15) is 50.7 Å². The Morgan fingerprint density at radius 3 is 1.57 bits per heavy atom. The second kappa shape index (κ2) is 7.51. The maximum atomic E-state index is 3.44. The molecule has 0 heterocycles. The first-order valence-electron chi connectivity index (χ1n) is 4.63. The van der Waals surface area contributed by atoms with Crippen molar-refractivity contribution in [3.05, 3.63) is 35.4 Å². The predicted molar refractivity (Wildman–Crippen MR) is 60.7 cm³/mol. The molecule has 0 unspecified atom stereocenters. The van der Waals surface area contributed by atoms with Crippen LogP contribution in [-0.4, -0.2) is 0 Å². The first-order chi connectivity index (χ1) is 5.61. The summed E-state index contributed by atoms with van der Waals surface area (Å²) in [6.45, 7) is 8.82. The van der Waals surface area contributed by atoms with Gasteiger partial charge in [-0.05, 0) is 11.8 Å². The van der Waals surface area contributed by atoms with Crippen LogP contribution in [0.5, 0.6) is 0 Å². The van der Waals surface area contributed by atoms with Crippen molar-refractivity contribution < 1.29 is 21.7 Å². The van der Waals surface area contributed by atoms with Crippen LogP contribution in [0.2, 0.25) is 0 Å². The molecule has 0 radical (unpaired) electrons. The van der Waals surface area contributed by atoms with Gasteiger partial charge in [0.05, 0.1) is 0 Å². The van der Waals surface area contributed by atoms with Crippen LogP contribution in [-0.2, 0) is 21.7 Å². The Bertz CT molecular complexity index is 233. The van der Waals surface area contributed by atoms with Crippen molar-refractivity contribution in [3.63, 3.8) is 0 Å². The van der Waals surface area contributed by atoms with Crippen LogP contribution in [0, 0.1) is 6.07 Å². The number of benzene rings is 1. The minimum absolute atomic E-state index is 0. The van der Waals surface area contributed by atoms with Crippen molar-refractivity contribution in [1.29, 1.82) is 0 Å². The molecule has 0 amide bonds. The molecule has 0 aliphatic heterocycles. The zero-order valence-electron chi connectivity index (χ0n) is 9.29. The third-order valence-electron chi connectivity index (χ3n) is 2.08. The second-order valence-corrected chi connectivity index (χ2v) is 3.87. The van der Waals surface area contributed by atoms with Gasteiger partial charge in [-0.25, -0.2) is 0 Å². The molecule has 0 N–H and O–H groups in total. The van der Waals surface area contributed by atoms with Gasteiger partial charge >= 0.3 is 0 Å². The summed E-state index contributed by atoms with van der Waals surface area (Å²) >= 11 is 0. The Morgan fingerprint density at radius 1 is 0.929 bits per heavy atom. The Kier molecular flexibility index (Phi) is 8.93. The zero-order valence-corrected chi connectivity index (χ0v) is 11.7. The van der Waals surface area contributed by atoms with Crippen molar-refractivity contribution >= 4 is 12.4 Å². The average molecular weight is 246 g/mol. The summed E-state index contributed by atoms with van der Waals surface area (Å²) in [5, 5.41) is 0. The van der Waals surface area contributed by atoms with E-state index in [-0.39, 0.29) is 34.1 Å². The molecule has 1 aromatic rings. The fraction of sp³-hybridized carbons (Fsp3) is 0.500. The first kappa shape index (κ1) is 16.6. The van der Waals surface area contributed by atoms with Crippen LogP contribution < -0.4 is 0 Å². The molecule has 0 aromatic heterocycles. The molecule has 2 heteroatoms. The Balaban J connectivity index is 0. The molecular formula is C12H18ClTi-. The van der Waals surface area contributed by atoms with E-state index in [4.69, 9.17) is 0 Å². The molecule has 0 saturated heterocycles. The summed E-state index contributed by atoms with van der Waals surface area (Å²) < 4.78 is 0. The molecular weight excluding hydrogens is 227 g/mol. The van der Waals surface area contributed by atoms with E-state index in [1.165, 1.54) is 11.1 Å². The van der Waals surface area contributed by atoms with E-state index < -0.39 is 0 Å². The summed E-state index contributed by atoms with van der Waals surface area (Å²) in [7, 11) is 0. The van der Waals surface area contributed by atoms with E-state index in [9.17, 15) is 0 Å². The third kappa shape index (κ3) is 4.64. The fourth-order valence-electron chi connectivity index (χ4n) is 1.18. The second-order valence-electron chi connectivity index (χ2n) is 3.87. The van der Waals surface area contributed by atoms with Gasteiger partial charge in [0.15, 0.2) is 0 Å². The molecule has 78 valence electrons. The van der Waals surface area contributed by atoms with Crippen molar-refractivity contribution in [3.8, 4) is 0 Å². The third-order valence-corrected chi connectivity index (χ3v) is 2.08. The molecule has 14 heavy (non-hydrogen) atoms. The number of rotatable bonds is 2. The van der Waals surface area contributed by atoms with Crippen LogP contribution in [0.3, 0.4) is 0 Å². The summed E-state index contributed by atoms with van der Waals surface area (Å²) in [6.07, 6.45) is 0. The smallest absolute Gasteiger partial charge is 0 e. The molecule has 0 fully saturated rings. The van der Waals surface area contributed by atoms with Gasteiger partial charge in [-0.15, -0.1) is 12.4 Å². The minimum Gasteiger partial charge on any atom is -0.176 e. The maximum Gasteiger partial charge on any atom is 0 e. The van der Waals surface area contributed by atoms with Gasteiger partial charge in [0.1, 0.15) is 0 Å². The number of hydrogen-bond acceptors (Lipinski definition) is 0. The fourth-order valence-corrected chi connectivity index (χ4v) is 1.18. The summed E-state index contributed by atoms with van der Waals surface area (Å²) in [5.74, 6) is 1.17. The molecule has 0 nitrogen and oxygen atoms in total. The van der Waals surface area contributed by atoms with Gasteiger partial charge in [0, 0.05) is 21.7 Å². The van der Waals surface area contributed by atoms with E-state index in [1.807, 2.05) is 0 Å². The summed E-state index contributed by atoms with van der Waals surface area (Å²) in [5.41, 5.74) is 2.64. The SMILES string of the molecule is CC(C)c1[c-]c(C(C)C)ccc1.Cl.[Ti]. The van der Waals surface area contributed by atoms with E-state index >= 15 is 0 Å². The minimum atomic E-state index is 0. The number of hydrogen-bond donors (Lipinski definition) is 0. The van der Waals surface area contributed by atoms with E-state index in [1.54, 1.807) is 0 Å². The molecule has 1 aromatic carbocycles. The normalized spacial score (nSPS) is 9.57. The molecule has 0 aliphatic rings. The molecule has 1 rings (SSSR count). The van der Waals surface area contributed by atoms with E-state index in [0.29, 0.717) is 11.8 Å². The molecule has 0 aliphatic carbocycles.